The summed E-state index contributed by atoms with van der Waals surface area (Å²) < 4.78 is 25.9. The molecule has 21 aromatic rings. The first-order chi connectivity index (χ1) is 51.0. The van der Waals surface area contributed by atoms with E-state index in [1.807, 2.05) is 78.9 Å². The molecule has 6 aromatic heterocycles. The maximum atomic E-state index is 9.91. The highest BCUT2D eigenvalue weighted by molar-refractivity contribution is 6.27. The first-order valence-electron chi connectivity index (χ1n) is 34.5. The average molecular weight is 1320 g/mol. The molecule has 0 aliphatic rings. The number of hydrogen-bond donors (Lipinski definition) is 0. The van der Waals surface area contributed by atoms with Crippen LogP contribution in [0.15, 0.2) is 341 Å². The number of nitrogens with zero attached hydrogens (tertiary/aromatic N) is 6. The summed E-state index contributed by atoms with van der Waals surface area (Å²) in [5.41, 5.74) is 22.2. The molecular formula is C94H54N6O3. The molecule has 0 bridgehead atoms. The van der Waals surface area contributed by atoms with Gasteiger partial charge in [-0.1, -0.05) is 237 Å². The lowest BCUT2D eigenvalue weighted by Gasteiger charge is -2.25. The Morgan fingerprint density at radius 3 is 1.16 bits per heavy atom. The number of fused-ring (bicyclic) bond motifs is 17. The lowest BCUT2D eigenvalue weighted by molar-refractivity contribution is 0.669. The van der Waals surface area contributed by atoms with Gasteiger partial charge in [0.15, 0.2) is 17.5 Å². The summed E-state index contributed by atoms with van der Waals surface area (Å²) in [7, 11) is 0. The highest BCUT2D eigenvalue weighted by Crippen LogP contribution is 2.53. The van der Waals surface area contributed by atoms with Gasteiger partial charge in [-0.05, 0) is 141 Å². The number of furan rings is 3. The highest BCUT2D eigenvalue weighted by Gasteiger charge is 2.32. The molecule has 0 atom stereocenters. The van der Waals surface area contributed by atoms with Gasteiger partial charge in [0.2, 0.25) is 5.69 Å². The molecule has 0 amide bonds. The van der Waals surface area contributed by atoms with Crippen molar-refractivity contribution in [1.82, 2.24) is 24.1 Å². The molecule has 478 valence electrons. The molecular weight excluding hydrogens is 1260 g/mol. The van der Waals surface area contributed by atoms with Crippen LogP contribution in [0.5, 0.6) is 0 Å². The van der Waals surface area contributed by atoms with Gasteiger partial charge in [0, 0.05) is 65.3 Å². The Bertz CT molecular complexity index is 7090. The van der Waals surface area contributed by atoms with Gasteiger partial charge >= 0.3 is 0 Å². The van der Waals surface area contributed by atoms with Crippen molar-refractivity contribution in [1.29, 1.82) is 0 Å². The molecule has 0 spiro atoms. The third-order valence-corrected chi connectivity index (χ3v) is 20.6. The van der Waals surface area contributed by atoms with Gasteiger partial charge in [-0.25, -0.2) is 19.8 Å². The van der Waals surface area contributed by atoms with Crippen molar-refractivity contribution < 1.29 is 13.3 Å². The van der Waals surface area contributed by atoms with E-state index >= 15 is 0 Å². The third kappa shape index (κ3) is 9.08. The zero-order valence-electron chi connectivity index (χ0n) is 55.1. The summed E-state index contributed by atoms with van der Waals surface area (Å²) >= 11 is 0. The van der Waals surface area contributed by atoms with Gasteiger partial charge in [-0.3, -0.25) is 0 Å². The summed E-state index contributed by atoms with van der Waals surface area (Å²) in [6.07, 6.45) is 0. The molecule has 0 aliphatic carbocycles. The van der Waals surface area contributed by atoms with E-state index in [1.165, 1.54) is 0 Å². The number of aromatic nitrogens is 5. The number of hydrogen-bond acceptors (Lipinski definition) is 6. The van der Waals surface area contributed by atoms with Gasteiger partial charge in [0.1, 0.15) is 33.5 Å². The van der Waals surface area contributed by atoms with Gasteiger partial charge < -0.3 is 22.4 Å². The zero-order chi connectivity index (χ0) is 67.8. The van der Waals surface area contributed by atoms with Crippen molar-refractivity contribution in [2.75, 3.05) is 0 Å². The van der Waals surface area contributed by atoms with Crippen LogP contribution in [0.3, 0.4) is 0 Å². The van der Waals surface area contributed by atoms with Gasteiger partial charge in [0.05, 0.1) is 50.8 Å². The maximum absolute atomic E-state index is 9.91. The molecule has 21 rings (SSSR count). The average Bonchev–Trinajstić information content (AvgIpc) is 1.55. The minimum absolute atomic E-state index is 0.355. The fourth-order valence-corrected chi connectivity index (χ4v) is 15.9. The number of para-hydroxylation sites is 1. The van der Waals surface area contributed by atoms with E-state index in [4.69, 9.17) is 33.0 Å². The van der Waals surface area contributed by atoms with E-state index in [0.717, 1.165) is 176 Å². The number of benzene rings is 15. The van der Waals surface area contributed by atoms with Crippen LogP contribution in [0.1, 0.15) is 0 Å². The molecule has 0 radical (unpaired) electrons. The molecule has 0 fully saturated rings. The minimum atomic E-state index is 0.355. The summed E-state index contributed by atoms with van der Waals surface area (Å²) in [5, 5.41) is 9.58. The second-order valence-corrected chi connectivity index (χ2v) is 26.3. The third-order valence-electron chi connectivity index (χ3n) is 20.6. The van der Waals surface area contributed by atoms with E-state index in [9.17, 15) is 6.57 Å². The van der Waals surface area contributed by atoms with Crippen LogP contribution < -0.4 is 0 Å². The van der Waals surface area contributed by atoms with Crippen molar-refractivity contribution >= 4 is 115 Å². The van der Waals surface area contributed by atoms with Crippen molar-refractivity contribution in [2.24, 2.45) is 0 Å². The molecule has 0 saturated heterocycles. The fraction of sp³-hybridized carbons (Fsp3) is 0. The largest absolute Gasteiger partial charge is 0.456 e. The Morgan fingerprint density at radius 2 is 0.650 bits per heavy atom. The number of rotatable bonds is 10. The second-order valence-electron chi connectivity index (χ2n) is 26.3. The normalized spacial score (nSPS) is 11.9. The van der Waals surface area contributed by atoms with Crippen LogP contribution in [0.25, 0.3) is 215 Å². The molecule has 103 heavy (non-hydrogen) atoms. The van der Waals surface area contributed by atoms with E-state index < -0.39 is 0 Å². The molecule has 9 heteroatoms. The van der Waals surface area contributed by atoms with Crippen LogP contribution in [0.2, 0.25) is 0 Å². The molecule has 0 N–H and O–H groups in total. The summed E-state index contributed by atoms with van der Waals surface area (Å²) in [5.74, 6) is 1.29. The monoisotopic (exact) mass is 1310 g/mol. The quantitative estimate of drug-likeness (QED) is 0.127. The van der Waals surface area contributed by atoms with E-state index in [2.05, 4.69) is 258 Å². The Labute approximate surface area is 589 Å². The Balaban J connectivity index is 0.944. The predicted octanol–water partition coefficient (Wildman–Crippen LogP) is 25.7. The topological polar surface area (TPSA) is 92.3 Å². The SMILES string of the molecule is [C-]#[N+]c1cc(-c2nc(-c3ccccc3)nc(-c3cccc4oc5ccccc5c34)n2)c(-c2ccccc2)c(-n2c3ccc(-c4ccccc4)cc3c3c4oc5ccc(-c6ccccc6)cc5c4ccc32)c1-n1c2ccc(-c3ccccc3)cc2c2c3oc4ccc(-c5ccccc5)cc4c3ccc21. The predicted molar refractivity (Wildman–Crippen MR) is 420 cm³/mol. The highest BCUT2D eigenvalue weighted by atomic mass is 16.3. The van der Waals surface area contributed by atoms with Crippen molar-refractivity contribution in [2.45, 2.75) is 0 Å². The molecule has 0 unspecified atom stereocenters. The van der Waals surface area contributed by atoms with Crippen LogP contribution in [0.4, 0.5) is 5.69 Å². The standard InChI is InChI=1S/C94H54N6O3/c1-95-75-55-74(94-97-92(61-33-18-7-19-34-61)96-93(98-94)69-36-22-38-83-85(69)68-35-20-21-37-80(68)101-83)84(60-31-16-6-17-32-60)89(100-77-46-40-63(57-25-10-3-11-26-57)54-73(77)87-79(100)48-44-67-71-52-65(59-29-14-5-15-30-59)42-50-82(71)103-91(67)87)88(75)99-76-45-39-62(56-23-8-2-9-24-56)53-72(76)86-78(99)47-43-66-70-51-64(58-27-12-4-13-28-58)41-49-81(70)102-90(66)86/h2-55H. The van der Waals surface area contributed by atoms with Crippen LogP contribution in [-0.4, -0.2) is 24.1 Å². The Kier molecular flexibility index (Phi) is 12.9. The van der Waals surface area contributed by atoms with Crippen LogP contribution in [-0.2, 0) is 0 Å². The molecule has 15 aromatic carbocycles. The fourth-order valence-electron chi connectivity index (χ4n) is 15.9. The molecule has 9 nitrogen and oxygen atoms in total. The molecule has 0 aliphatic heterocycles. The second kappa shape index (κ2) is 22.9. The van der Waals surface area contributed by atoms with E-state index in [-0.39, 0.29) is 0 Å². The van der Waals surface area contributed by atoms with E-state index in [1.54, 1.807) is 0 Å². The van der Waals surface area contributed by atoms with Crippen LogP contribution in [0, 0.1) is 6.57 Å². The lowest BCUT2D eigenvalue weighted by Crippen LogP contribution is -2.09. The van der Waals surface area contributed by atoms with E-state index in [0.29, 0.717) is 40.0 Å². The van der Waals surface area contributed by atoms with Gasteiger partial charge in [-0.15, -0.1) is 0 Å². The Morgan fingerprint density at radius 1 is 0.252 bits per heavy atom. The lowest BCUT2D eigenvalue weighted by atomic mass is 9.93. The summed E-state index contributed by atoms with van der Waals surface area (Å²) in [6, 6.07) is 114. The first kappa shape index (κ1) is 57.8. The first-order valence-corrected chi connectivity index (χ1v) is 34.5. The summed E-state index contributed by atoms with van der Waals surface area (Å²) in [6.45, 7) is 9.91. The van der Waals surface area contributed by atoms with Crippen LogP contribution >= 0.6 is 0 Å². The zero-order valence-corrected chi connectivity index (χ0v) is 55.1. The van der Waals surface area contributed by atoms with Crippen molar-refractivity contribution in [3.8, 4) is 101 Å². The van der Waals surface area contributed by atoms with Crippen molar-refractivity contribution in [3.63, 3.8) is 0 Å². The molecule has 6 heterocycles. The van der Waals surface area contributed by atoms with Gasteiger partial charge in [-0.2, -0.15) is 0 Å². The molecule has 0 saturated carbocycles. The summed E-state index contributed by atoms with van der Waals surface area (Å²) in [4.78, 5) is 21.5. The van der Waals surface area contributed by atoms with Crippen molar-refractivity contribution in [3.05, 3.63) is 339 Å². The minimum Gasteiger partial charge on any atom is -0.456 e. The smallest absolute Gasteiger partial charge is 0.213 e. The van der Waals surface area contributed by atoms with Gasteiger partial charge in [0.25, 0.3) is 0 Å². The Hall–Kier alpha value is -14.2. The maximum Gasteiger partial charge on any atom is 0.213 e.